The molecule has 8 nitrogen and oxygen atoms in total. The van der Waals surface area contributed by atoms with Gasteiger partial charge >= 0.3 is 5.69 Å². The summed E-state index contributed by atoms with van der Waals surface area (Å²) in [5, 5.41) is 26.8. The number of nitro groups is 1. The molecule has 0 atom stereocenters. The standard InChI is InChI=1S/C13H21N5O3/c1-2-7-14-12-15-8-10(18(20)21)11(16-12)17-13(9-19)5-3-4-6-13/h8,19H,2-7,9H2,1H3,(H2,14,15,16,17). The summed E-state index contributed by atoms with van der Waals surface area (Å²) < 4.78 is 0. The van der Waals surface area contributed by atoms with Crippen LogP contribution in [0.4, 0.5) is 17.5 Å². The van der Waals surface area contributed by atoms with Crippen molar-refractivity contribution in [3.8, 4) is 0 Å². The van der Waals surface area contributed by atoms with E-state index in [0.29, 0.717) is 12.5 Å². The number of anilines is 2. The number of rotatable bonds is 7. The molecule has 1 aromatic rings. The largest absolute Gasteiger partial charge is 0.394 e. The average molecular weight is 295 g/mol. The van der Waals surface area contributed by atoms with E-state index < -0.39 is 10.5 Å². The van der Waals surface area contributed by atoms with E-state index in [4.69, 9.17) is 0 Å². The Morgan fingerprint density at radius 2 is 2.19 bits per heavy atom. The SMILES string of the molecule is CCCNc1ncc([N+](=O)[O-])c(NC2(CO)CCCC2)n1. The number of nitrogens with zero attached hydrogens (tertiary/aromatic N) is 3. The first-order chi connectivity index (χ1) is 10.1. The molecule has 1 fully saturated rings. The number of aromatic nitrogens is 2. The minimum atomic E-state index is -0.513. The van der Waals surface area contributed by atoms with E-state index >= 15 is 0 Å². The van der Waals surface area contributed by atoms with Gasteiger partial charge in [0, 0.05) is 6.54 Å². The highest BCUT2D eigenvalue weighted by molar-refractivity contribution is 5.58. The molecule has 0 bridgehead atoms. The summed E-state index contributed by atoms with van der Waals surface area (Å²) in [6.45, 7) is 2.64. The molecule has 0 amide bonds. The van der Waals surface area contributed by atoms with Crippen LogP contribution in [0.15, 0.2) is 6.20 Å². The van der Waals surface area contributed by atoms with Crippen LogP contribution >= 0.6 is 0 Å². The highest BCUT2D eigenvalue weighted by Gasteiger charge is 2.35. The van der Waals surface area contributed by atoms with Gasteiger partial charge in [0.25, 0.3) is 0 Å². The topological polar surface area (TPSA) is 113 Å². The van der Waals surface area contributed by atoms with Gasteiger partial charge in [-0.1, -0.05) is 19.8 Å². The maximum Gasteiger partial charge on any atom is 0.329 e. The molecule has 21 heavy (non-hydrogen) atoms. The van der Waals surface area contributed by atoms with E-state index in [0.717, 1.165) is 32.1 Å². The molecule has 1 saturated carbocycles. The maximum absolute atomic E-state index is 11.1. The summed E-state index contributed by atoms with van der Waals surface area (Å²) in [6.07, 6.45) is 5.66. The Morgan fingerprint density at radius 1 is 1.48 bits per heavy atom. The van der Waals surface area contributed by atoms with Gasteiger partial charge in [-0.15, -0.1) is 0 Å². The van der Waals surface area contributed by atoms with Crippen LogP contribution in [-0.2, 0) is 0 Å². The normalized spacial score (nSPS) is 16.7. The van der Waals surface area contributed by atoms with Crippen molar-refractivity contribution >= 4 is 17.5 Å². The molecule has 1 heterocycles. The lowest BCUT2D eigenvalue weighted by molar-refractivity contribution is -0.384. The molecule has 116 valence electrons. The van der Waals surface area contributed by atoms with Crippen molar-refractivity contribution in [2.75, 3.05) is 23.8 Å². The second-order valence-electron chi connectivity index (χ2n) is 5.38. The third-order valence-electron chi connectivity index (χ3n) is 3.75. The van der Waals surface area contributed by atoms with E-state index in [1.807, 2.05) is 6.92 Å². The number of hydrogen-bond acceptors (Lipinski definition) is 7. The van der Waals surface area contributed by atoms with Crippen molar-refractivity contribution in [2.24, 2.45) is 0 Å². The molecule has 0 unspecified atom stereocenters. The zero-order valence-corrected chi connectivity index (χ0v) is 12.1. The van der Waals surface area contributed by atoms with Crippen LogP contribution in [0.1, 0.15) is 39.0 Å². The summed E-state index contributed by atoms with van der Waals surface area (Å²) in [7, 11) is 0. The quantitative estimate of drug-likeness (QED) is 0.520. The molecule has 1 aromatic heterocycles. The fourth-order valence-corrected chi connectivity index (χ4v) is 2.55. The van der Waals surface area contributed by atoms with Crippen molar-refractivity contribution in [3.05, 3.63) is 16.3 Å². The molecule has 0 aliphatic heterocycles. The molecule has 1 aliphatic carbocycles. The van der Waals surface area contributed by atoms with Gasteiger partial charge in [0.2, 0.25) is 11.8 Å². The molecule has 0 aromatic carbocycles. The number of nitrogens with one attached hydrogen (secondary N) is 2. The van der Waals surface area contributed by atoms with Crippen molar-refractivity contribution < 1.29 is 10.0 Å². The molecular weight excluding hydrogens is 274 g/mol. The molecule has 3 N–H and O–H groups in total. The molecule has 0 radical (unpaired) electrons. The van der Waals surface area contributed by atoms with Gasteiger partial charge in [-0.05, 0) is 19.3 Å². The highest BCUT2D eigenvalue weighted by atomic mass is 16.6. The molecular formula is C13H21N5O3. The predicted molar refractivity (Wildman–Crippen MR) is 79.4 cm³/mol. The van der Waals surface area contributed by atoms with Crippen LogP contribution < -0.4 is 10.6 Å². The smallest absolute Gasteiger partial charge is 0.329 e. The van der Waals surface area contributed by atoms with Crippen molar-refractivity contribution in [3.63, 3.8) is 0 Å². The van der Waals surface area contributed by atoms with Crippen molar-refractivity contribution in [1.82, 2.24) is 9.97 Å². The average Bonchev–Trinajstić information content (AvgIpc) is 2.94. The van der Waals surface area contributed by atoms with E-state index in [1.165, 1.54) is 6.20 Å². The number of aliphatic hydroxyl groups excluding tert-OH is 1. The zero-order chi connectivity index (χ0) is 15.3. The van der Waals surface area contributed by atoms with Gasteiger partial charge in [0.15, 0.2) is 0 Å². The first-order valence-electron chi connectivity index (χ1n) is 7.24. The molecule has 1 aliphatic rings. The van der Waals surface area contributed by atoms with Crippen LogP contribution in [0.2, 0.25) is 0 Å². The number of aliphatic hydroxyl groups is 1. The first kappa shape index (κ1) is 15.4. The van der Waals surface area contributed by atoms with Crippen LogP contribution in [-0.4, -0.2) is 38.7 Å². The van der Waals surface area contributed by atoms with E-state index in [-0.39, 0.29) is 18.1 Å². The van der Waals surface area contributed by atoms with E-state index in [9.17, 15) is 15.2 Å². The van der Waals surface area contributed by atoms with Crippen molar-refractivity contribution in [2.45, 2.75) is 44.6 Å². The summed E-state index contributed by atoms with van der Waals surface area (Å²) in [4.78, 5) is 18.8. The lowest BCUT2D eigenvalue weighted by atomic mass is 9.99. The van der Waals surface area contributed by atoms with Gasteiger partial charge in [0.1, 0.15) is 6.20 Å². The summed E-state index contributed by atoms with van der Waals surface area (Å²) in [5.41, 5.74) is -0.682. The first-order valence-corrected chi connectivity index (χ1v) is 7.24. The lowest BCUT2D eigenvalue weighted by Gasteiger charge is -2.28. The van der Waals surface area contributed by atoms with Gasteiger partial charge in [-0.25, -0.2) is 4.98 Å². The lowest BCUT2D eigenvalue weighted by Crippen LogP contribution is -2.39. The van der Waals surface area contributed by atoms with Crippen LogP contribution in [0.25, 0.3) is 0 Å². The van der Waals surface area contributed by atoms with E-state index in [1.54, 1.807) is 0 Å². The van der Waals surface area contributed by atoms with Gasteiger partial charge in [-0.3, -0.25) is 10.1 Å². The molecule has 8 heteroatoms. The van der Waals surface area contributed by atoms with Crippen LogP contribution in [0, 0.1) is 10.1 Å². The Balaban J connectivity index is 2.27. The predicted octanol–water partition coefficient (Wildman–Crippen LogP) is 1.92. The Morgan fingerprint density at radius 3 is 2.76 bits per heavy atom. The second-order valence-corrected chi connectivity index (χ2v) is 5.38. The fraction of sp³-hybridized carbons (Fsp3) is 0.692. The Bertz CT molecular complexity index is 503. The van der Waals surface area contributed by atoms with Gasteiger partial charge < -0.3 is 15.7 Å². The molecule has 0 spiro atoms. The molecule has 0 saturated heterocycles. The zero-order valence-electron chi connectivity index (χ0n) is 12.1. The Kier molecular flexibility index (Phi) is 4.89. The fourth-order valence-electron chi connectivity index (χ4n) is 2.55. The van der Waals surface area contributed by atoms with Crippen LogP contribution in [0.5, 0.6) is 0 Å². The minimum absolute atomic E-state index is 0.0636. The van der Waals surface area contributed by atoms with E-state index in [2.05, 4.69) is 20.6 Å². The Labute approximate surface area is 123 Å². The maximum atomic E-state index is 11.1. The summed E-state index contributed by atoms with van der Waals surface area (Å²) in [6, 6.07) is 0. The summed E-state index contributed by atoms with van der Waals surface area (Å²) >= 11 is 0. The van der Waals surface area contributed by atoms with Gasteiger partial charge in [0.05, 0.1) is 17.1 Å². The minimum Gasteiger partial charge on any atom is -0.394 e. The molecule has 2 rings (SSSR count). The van der Waals surface area contributed by atoms with Crippen LogP contribution in [0.3, 0.4) is 0 Å². The summed E-state index contributed by atoms with van der Waals surface area (Å²) in [5.74, 6) is 0.528. The number of hydrogen-bond donors (Lipinski definition) is 3. The van der Waals surface area contributed by atoms with Crippen molar-refractivity contribution in [1.29, 1.82) is 0 Å². The highest BCUT2D eigenvalue weighted by Crippen LogP contribution is 2.35. The third kappa shape index (κ3) is 3.57. The second kappa shape index (κ2) is 6.66. The third-order valence-corrected chi connectivity index (χ3v) is 3.75. The Hall–Kier alpha value is -1.96. The monoisotopic (exact) mass is 295 g/mol. The van der Waals surface area contributed by atoms with Gasteiger partial charge in [-0.2, -0.15) is 4.98 Å².